The molecular weight excluding hydrogens is 272 g/mol. The number of halogens is 3. The summed E-state index contributed by atoms with van der Waals surface area (Å²) in [5, 5.41) is 12.9. The molecule has 0 aliphatic rings. The molecule has 2 aromatic rings. The van der Waals surface area contributed by atoms with E-state index in [1.807, 2.05) is 0 Å². The highest BCUT2D eigenvalue weighted by Crippen LogP contribution is 2.28. The summed E-state index contributed by atoms with van der Waals surface area (Å²) in [5.41, 5.74) is 0.849. The largest absolute Gasteiger partial charge is 0.508 e. The number of benzene rings is 2. The highest BCUT2D eigenvalue weighted by molar-refractivity contribution is 6.30. The topological polar surface area (TPSA) is 32.3 Å². The summed E-state index contributed by atoms with van der Waals surface area (Å²) in [4.78, 5) is 0. The number of aromatic hydroxyl groups is 1. The molecule has 1 atom stereocenters. The van der Waals surface area contributed by atoms with Crippen molar-refractivity contribution in [3.05, 3.63) is 58.6 Å². The van der Waals surface area contributed by atoms with Crippen molar-refractivity contribution in [2.24, 2.45) is 0 Å². The van der Waals surface area contributed by atoms with E-state index in [0.29, 0.717) is 11.3 Å². The summed E-state index contributed by atoms with van der Waals surface area (Å²) in [5.74, 6) is -0.937. The minimum Gasteiger partial charge on any atom is -0.508 e. The van der Waals surface area contributed by atoms with Gasteiger partial charge in [-0.1, -0.05) is 11.6 Å². The monoisotopic (exact) mass is 283 g/mol. The van der Waals surface area contributed by atoms with E-state index in [9.17, 15) is 13.9 Å². The fourth-order valence-corrected chi connectivity index (χ4v) is 2.06. The maximum atomic E-state index is 13.2. The van der Waals surface area contributed by atoms with Gasteiger partial charge in [0.15, 0.2) is 0 Å². The molecule has 0 amide bonds. The summed E-state index contributed by atoms with van der Waals surface area (Å²) >= 11 is 5.75. The van der Waals surface area contributed by atoms with Gasteiger partial charge in [0.05, 0.1) is 6.04 Å². The van der Waals surface area contributed by atoms with Gasteiger partial charge in [0.2, 0.25) is 0 Å². The molecule has 0 heterocycles. The van der Waals surface area contributed by atoms with Crippen LogP contribution in [-0.4, -0.2) is 5.11 Å². The van der Waals surface area contributed by atoms with Crippen LogP contribution in [0.15, 0.2) is 36.4 Å². The van der Waals surface area contributed by atoms with Crippen LogP contribution in [0.25, 0.3) is 0 Å². The first-order chi connectivity index (χ1) is 8.95. The molecule has 0 saturated heterocycles. The van der Waals surface area contributed by atoms with Crippen molar-refractivity contribution in [1.29, 1.82) is 0 Å². The average molecular weight is 284 g/mol. The average Bonchev–Trinajstić information content (AvgIpc) is 2.30. The van der Waals surface area contributed by atoms with Gasteiger partial charge >= 0.3 is 0 Å². The SMILES string of the molecule is CC(Nc1cc(F)cc(Cl)c1)c1cc(F)ccc1O. The maximum absolute atomic E-state index is 13.2. The molecule has 2 rings (SSSR count). The quantitative estimate of drug-likeness (QED) is 0.869. The Hall–Kier alpha value is -1.81. The third kappa shape index (κ3) is 3.35. The summed E-state index contributed by atoms with van der Waals surface area (Å²) in [6.07, 6.45) is 0. The van der Waals surface area contributed by atoms with Gasteiger partial charge in [-0.05, 0) is 43.3 Å². The Labute approximate surface area is 114 Å². The number of anilines is 1. The standard InChI is InChI=1S/C14H12ClF2NO/c1-8(13-7-10(16)2-3-14(13)19)18-12-5-9(15)4-11(17)6-12/h2-8,18-19H,1H3. The molecule has 0 bridgehead atoms. The number of rotatable bonds is 3. The van der Waals surface area contributed by atoms with E-state index in [4.69, 9.17) is 11.6 Å². The predicted octanol–water partition coefficient (Wildman–Crippen LogP) is 4.50. The molecule has 0 saturated carbocycles. The van der Waals surface area contributed by atoms with Gasteiger partial charge in [0.25, 0.3) is 0 Å². The molecule has 0 aliphatic carbocycles. The summed E-state index contributed by atoms with van der Waals surface area (Å²) in [6, 6.07) is 7.31. The van der Waals surface area contributed by atoms with Crippen molar-refractivity contribution in [3.63, 3.8) is 0 Å². The molecule has 2 N–H and O–H groups in total. The minimum absolute atomic E-state index is 0.0242. The fourth-order valence-electron chi connectivity index (χ4n) is 1.84. The second-order valence-electron chi connectivity index (χ2n) is 4.23. The number of hydrogen-bond donors (Lipinski definition) is 2. The van der Waals surface area contributed by atoms with Crippen molar-refractivity contribution in [1.82, 2.24) is 0 Å². The predicted molar refractivity (Wildman–Crippen MR) is 71.5 cm³/mol. The Balaban J connectivity index is 2.25. The zero-order valence-corrected chi connectivity index (χ0v) is 10.9. The maximum Gasteiger partial charge on any atom is 0.126 e. The lowest BCUT2D eigenvalue weighted by molar-refractivity contribution is 0.462. The van der Waals surface area contributed by atoms with Gasteiger partial charge in [-0.25, -0.2) is 8.78 Å². The molecular formula is C14H12ClF2NO. The molecule has 2 nitrogen and oxygen atoms in total. The van der Waals surface area contributed by atoms with Crippen LogP contribution in [0, 0.1) is 11.6 Å². The summed E-state index contributed by atoms with van der Waals surface area (Å²) in [7, 11) is 0. The molecule has 0 fully saturated rings. The number of nitrogens with one attached hydrogen (secondary N) is 1. The van der Waals surface area contributed by atoms with E-state index in [1.54, 1.807) is 13.0 Å². The van der Waals surface area contributed by atoms with E-state index in [-0.39, 0.29) is 10.8 Å². The Morgan fingerprint density at radius 1 is 1.11 bits per heavy atom. The second kappa shape index (κ2) is 5.45. The number of phenolic OH excluding ortho intramolecular Hbond substituents is 1. The Morgan fingerprint density at radius 2 is 1.84 bits per heavy atom. The van der Waals surface area contributed by atoms with Crippen molar-refractivity contribution < 1.29 is 13.9 Å². The number of hydrogen-bond acceptors (Lipinski definition) is 2. The van der Waals surface area contributed by atoms with Crippen LogP contribution in [-0.2, 0) is 0 Å². The zero-order valence-electron chi connectivity index (χ0n) is 10.1. The van der Waals surface area contributed by atoms with E-state index in [0.717, 1.165) is 0 Å². The Morgan fingerprint density at radius 3 is 2.53 bits per heavy atom. The smallest absolute Gasteiger partial charge is 0.126 e. The molecule has 5 heteroatoms. The van der Waals surface area contributed by atoms with E-state index < -0.39 is 17.7 Å². The lowest BCUT2D eigenvalue weighted by Gasteiger charge is -2.17. The van der Waals surface area contributed by atoms with E-state index >= 15 is 0 Å². The van der Waals surface area contributed by atoms with Crippen LogP contribution < -0.4 is 5.32 Å². The lowest BCUT2D eigenvalue weighted by atomic mass is 10.1. The summed E-state index contributed by atoms with van der Waals surface area (Å²) in [6.45, 7) is 1.73. The van der Waals surface area contributed by atoms with Crippen molar-refractivity contribution in [2.45, 2.75) is 13.0 Å². The highest BCUT2D eigenvalue weighted by Gasteiger charge is 2.12. The van der Waals surface area contributed by atoms with Gasteiger partial charge in [0, 0.05) is 16.3 Å². The first-order valence-corrected chi connectivity index (χ1v) is 6.04. The van der Waals surface area contributed by atoms with Crippen molar-refractivity contribution in [3.8, 4) is 5.75 Å². The number of phenols is 1. The van der Waals surface area contributed by atoms with E-state index in [1.165, 1.54) is 30.3 Å². The Bertz CT molecular complexity index is 584. The molecule has 100 valence electrons. The minimum atomic E-state index is -0.467. The van der Waals surface area contributed by atoms with Gasteiger partial charge in [-0.2, -0.15) is 0 Å². The third-order valence-corrected chi connectivity index (χ3v) is 2.92. The van der Waals surface area contributed by atoms with Gasteiger partial charge in [-0.15, -0.1) is 0 Å². The lowest BCUT2D eigenvalue weighted by Crippen LogP contribution is -2.07. The van der Waals surface area contributed by atoms with Crippen LogP contribution in [0.5, 0.6) is 5.75 Å². The normalized spacial score (nSPS) is 12.2. The first-order valence-electron chi connectivity index (χ1n) is 5.67. The molecule has 2 aromatic carbocycles. The van der Waals surface area contributed by atoms with Crippen LogP contribution in [0.2, 0.25) is 5.02 Å². The molecule has 0 aromatic heterocycles. The fraction of sp³-hybridized carbons (Fsp3) is 0.143. The van der Waals surface area contributed by atoms with Crippen LogP contribution >= 0.6 is 11.6 Å². The van der Waals surface area contributed by atoms with Crippen LogP contribution in [0.4, 0.5) is 14.5 Å². The first kappa shape index (κ1) is 13.6. The second-order valence-corrected chi connectivity index (χ2v) is 4.66. The Kier molecular flexibility index (Phi) is 3.90. The van der Waals surface area contributed by atoms with Gasteiger partial charge < -0.3 is 10.4 Å². The zero-order chi connectivity index (χ0) is 14.0. The molecule has 0 spiro atoms. The summed E-state index contributed by atoms with van der Waals surface area (Å²) < 4.78 is 26.3. The third-order valence-electron chi connectivity index (χ3n) is 2.70. The van der Waals surface area contributed by atoms with Crippen molar-refractivity contribution >= 4 is 17.3 Å². The molecule has 19 heavy (non-hydrogen) atoms. The van der Waals surface area contributed by atoms with Crippen molar-refractivity contribution in [2.75, 3.05) is 5.32 Å². The molecule has 0 aliphatic heterocycles. The van der Waals surface area contributed by atoms with Gasteiger partial charge in [-0.3, -0.25) is 0 Å². The van der Waals surface area contributed by atoms with Crippen LogP contribution in [0.3, 0.4) is 0 Å². The van der Waals surface area contributed by atoms with Gasteiger partial charge in [0.1, 0.15) is 17.4 Å². The van der Waals surface area contributed by atoms with E-state index in [2.05, 4.69) is 5.32 Å². The molecule has 0 radical (unpaired) electrons. The molecule has 1 unspecified atom stereocenters. The van der Waals surface area contributed by atoms with Crippen LogP contribution in [0.1, 0.15) is 18.5 Å². The highest BCUT2D eigenvalue weighted by atomic mass is 35.5.